The molecule has 3 nitrogen and oxygen atoms in total. The molecule has 88 valence electrons. The molecule has 0 aromatic heterocycles. The smallest absolute Gasteiger partial charge is 0.105 e. The zero-order chi connectivity index (χ0) is 10.9. The van der Waals surface area contributed by atoms with Crippen LogP contribution < -0.4 is 5.32 Å². The molecule has 3 heteroatoms. The summed E-state index contributed by atoms with van der Waals surface area (Å²) in [7, 11) is 0. The third kappa shape index (κ3) is 2.19. The largest absolute Gasteiger partial charge is 0.378 e. The minimum atomic E-state index is -0.0600. The van der Waals surface area contributed by atoms with Crippen molar-refractivity contribution in [2.75, 3.05) is 26.3 Å². The van der Waals surface area contributed by atoms with Crippen molar-refractivity contribution in [2.24, 2.45) is 5.92 Å². The quantitative estimate of drug-likeness (QED) is 0.717. The van der Waals surface area contributed by atoms with Gasteiger partial charge in [0.25, 0.3) is 0 Å². The molecule has 2 aliphatic rings. The van der Waals surface area contributed by atoms with Crippen LogP contribution in [-0.4, -0.2) is 37.5 Å². The summed E-state index contributed by atoms with van der Waals surface area (Å²) in [5.41, 5.74) is -0.103. The second kappa shape index (κ2) is 4.04. The van der Waals surface area contributed by atoms with Gasteiger partial charge >= 0.3 is 0 Å². The zero-order valence-corrected chi connectivity index (χ0v) is 10.1. The summed E-state index contributed by atoms with van der Waals surface area (Å²) >= 11 is 0. The van der Waals surface area contributed by atoms with Crippen molar-refractivity contribution in [3.63, 3.8) is 0 Å². The van der Waals surface area contributed by atoms with Gasteiger partial charge in [-0.2, -0.15) is 0 Å². The molecule has 15 heavy (non-hydrogen) atoms. The molecule has 2 aliphatic heterocycles. The molecule has 0 amide bonds. The molecule has 0 aromatic rings. The van der Waals surface area contributed by atoms with Gasteiger partial charge in [-0.05, 0) is 25.7 Å². The Kier molecular flexibility index (Phi) is 3.06. The summed E-state index contributed by atoms with van der Waals surface area (Å²) in [6.07, 6.45) is 2.25. The molecule has 2 fully saturated rings. The third-order valence-corrected chi connectivity index (χ3v) is 3.88. The summed E-state index contributed by atoms with van der Waals surface area (Å²) in [5, 5.41) is 3.51. The Morgan fingerprint density at radius 2 is 2.07 bits per heavy atom. The lowest BCUT2D eigenvalue weighted by Gasteiger charge is -2.50. The van der Waals surface area contributed by atoms with Gasteiger partial charge < -0.3 is 14.8 Å². The molecule has 0 aromatic carbocycles. The normalized spacial score (nSPS) is 42.4. The van der Waals surface area contributed by atoms with E-state index in [2.05, 4.69) is 26.1 Å². The molecule has 0 saturated carbocycles. The number of hydrogen-bond acceptors (Lipinski definition) is 3. The summed E-state index contributed by atoms with van der Waals surface area (Å²) < 4.78 is 11.9. The summed E-state index contributed by atoms with van der Waals surface area (Å²) in [4.78, 5) is 0. The fourth-order valence-corrected chi connectivity index (χ4v) is 2.47. The molecule has 2 saturated heterocycles. The minimum Gasteiger partial charge on any atom is -0.378 e. The van der Waals surface area contributed by atoms with Crippen LogP contribution >= 0.6 is 0 Å². The summed E-state index contributed by atoms with van der Waals surface area (Å²) in [5.74, 6) is 0.532. The highest BCUT2D eigenvalue weighted by Gasteiger charge is 2.45. The molecule has 2 heterocycles. The van der Waals surface area contributed by atoms with Crippen LogP contribution in [0.25, 0.3) is 0 Å². The van der Waals surface area contributed by atoms with Gasteiger partial charge in [0.05, 0.1) is 12.2 Å². The van der Waals surface area contributed by atoms with Crippen LogP contribution in [0.4, 0.5) is 0 Å². The third-order valence-electron chi connectivity index (χ3n) is 3.88. The van der Waals surface area contributed by atoms with Crippen molar-refractivity contribution < 1.29 is 9.47 Å². The molecular formula is C12H23NO2. The van der Waals surface area contributed by atoms with E-state index in [1.165, 1.54) is 0 Å². The molecule has 1 N–H and O–H groups in total. The monoisotopic (exact) mass is 213 g/mol. The number of rotatable bonds is 1. The van der Waals surface area contributed by atoms with Gasteiger partial charge in [0.15, 0.2) is 0 Å². The second-order valence-electron chi connectivity index (χ2n) is 5.51. The minimum absolute atomic E-state index is 0.0427. The maximum absolute atomic E-state index is 6.38. The molecule has 2 rings (SSSR count). The van der Waals surface area contributed by atoms with Gasteiger partial charge in [-0.15, -0.1) is 0 Å². The lowest BCUT2D eigenvalue weighted by Crippen LogP contribution is -2.63. The summed E-state index contributed by atoms with van der Waals surface area (Å²) in [6, 6.07) is 0. The highest BCUT2D eigenvalue weighted by Crippen LogP contribution is 2.34. The van der Waals surface area contributed by atoms with E-state index in [9.17, 15) is 0 Å². The van der Waals surface area contributed by atoms with Gasteiger partial charge in [0, 0.05) is 19.7 Å². The SMILES string of the molecule is CC(C)C1(C)CNCC2(CCCOC2)O1. The topological polar surface area (TPSA) is 30.5 Å². The average molecular weight is 213 g/mol. The van der Waals surface area contributed by atoms with Crippen molar-refractivity contribution >= 4 is 0 Å². The Morgan fingerprint density at radius 1 is 1.27 bits per heavy atom. The van der Waals surface area contributed by atoms with Crippen LogP contribution in [0.2, 0.25) is 0 Å². The fraction of sp³-hybridized carbons (Fsp3) is 1.00. The predicted molar refractivity (Wildman–Crippen MR) is 60.0 cm³/mol. The molecular weight excluding hydrogens is 190 g/mol. The standard InChI is InChI=1S/C12H23NO2/c1-10(2)11(3)7-13-8-12(15-11)5-4-6-14-9-12/h10,13H,4-9H2,1-3H3. The molecule has 0 radical (unpaired) electrons. The van der Waals surface area contributed by atoms with Crippen molar-refractivity contribution in [2.45, 2.75) is 44.8 Å². The van der Waals surface area contributed by atoms with Gasteiger partial charge in [-0.25, -0.2) is 0 Å². The molecule has 0 bridgehead atoms. The van der Waals surface area contributed by atoms with Crippen molar-refractivity contribution in [3.05, 3.63) is 0 Å². The number of hydrogen-bond donors (Lipinski definition) is 1. The van der Waals surface area contributed by atoms with Gasteiger partial charge in [0.2, 0.25) is 0 Å². The first kappa shape index (κ1) is 11.4. The van der Waals surface area contributed by atoms with E-state index in [4.69, 9.17) is 9.47 Å². The molecule has 2 unspecified atom stereocenters. The molecule has 0 aliphatic carbocycles. The van der Waals surface area contributed by atoms with E-state index < -0.39 is 0 Å². The Bertz CT molecular complexity index is 218. The Hall–Kier alpha value is -0.120. The van der Waals surface area contributed by atoms with Gasteiger partial charge in [-0.3, -0.25) is 0 Å². The Balaban J connectivity index is 2.08. The highest BCUT2D eigenvalue weighted by molar-refractivity contribution is 4.97. The first-order valence-corrected chi connectivity index (χ1v) is 6.05. The van der Waals surface area contributed by atoms with Crippen LogP contribution in [0, 0.1) is 5.92 Å². The maximum atomic E-state index is 6.38. The van der Waals surface area contributed by atoms with E-state index >= 15 is 0 Å². The van der Waals surface area contributed by atoms with Gasteiger partial charge in [0.1, 0.15) is 5.60 Å². The Labute approximate surface area is 92.5 Å². The van der Waals surface area contributed by atoms with E-state index in [1.54, 1.807) is 0 Å². The summed E-state index contributed by atoms with van der Waals surface area (Å²) in [6.45, 7) is 10.2. The Morgan fingerprint density at radius 3 is 2.67 bits per heavy atom. The molecule has 2 atom stereocenters. The van der Waals surface area contributed by atoms with Crippen LogP contribution in [0.5, 0.6) is 0 Å². The maximum Gasteiger partial charge on any atom is 0.105 e. The van der Waals surface area contributed by atoms with Crippen LogP contribution in [0.3, 0.4) is 0 Å². The molecule has 1 spiro atoms. The predicted octanol–water partition coefficient (Wildman–Crippen LogP) is 1.57. The first-order valence-electron chi connectivity index (χ1n) is 6.05. The zero-order valence-electron chi connectivity index (χ0n) is 10.1. The van der Waals surface area contributed by atoms with E-state index in [0.717, 1.165) is 39.1 Å². The highest BCUT2D eigenvalue weighted by atomic mass is 16.6. The average Bonchev–Trinajstić information content (AvgIpc) is 2.18. The van der Waals surface area contributed by atoms with E-state index in [0.29, 0.717) is 5.92 Å². The van der Waals surface area contributed by atoms with Crippen LogP contribution in [-0.2, 0) is 9.47 Å². The lowest BCUT2D eigenvalue weighted by atomic mass is 9.86. The first-order chi connectivity index (χ1) is 7.06. The van der Waals surface area contributed by atoms with Crippen molar-refractivity contribution in [1.82, 2.24) is 5.32 Å². The van der Waals surface area contributed by atoms with Gasteiger partial charge in [-0.1, -0.05) is 13.8 Å². The van der Waals surface area contributed by atoms with Crippen molar-refractivity contribution in [3.8, 4) is 0 Å². The van der Waals surface area contributed by atoms with Crippen LogP contribution in [0.15, 0.2) is 0 Å². The van der Waals surface area contributed by atoms with E-state index in [-0.39, 0.29) is 11.2 Å². The fourth-order valence-electron chi connectivity index (χ4n) is 2.47. The van der Waals surface area contributed by atoms with Crippen molar-refractivity contribution in [1.29, 1.82) is 0 Å². The second-order valence-corrected chi connectivity index (χ2v) is 5.51. The number of nitrogens with one attached hydrogen (secondary N) is 1. The number of morpholine rings is 1. The van der Waals surface area contributed by atoms with E-state index in [1.807, 2.05) is 0 Å². The van der Waals surface area contributed by atoms with Crippen LogP contribution in [0.1, 0.15) is 33.6 Å². The number of ether oxygens (including phenoxy) is 2. The lowest BCUT2D eigenvalue weighted by molar-refractivity contribution is -0.225.